The van der Waals surface area contributed by atoms with Gasteiger partial charge in [0.25, 0.3) is 0 Å². The van der Waals surface area contributed by atoms with Gasteiger partial charge in [-0.2, -0.15) is 0 Å². The third-order valence-corrected chi connectivity index (χ3v) is 13.4. The Morgan fingerprint density at radius 3 is 2.15 bits per heavy atom. The third-order valence-electron chi connectivity index (χ3n) is 6.91. The van der Waals surface area contributed by atoms with Crippen LogP contribution in [0.3, 0.4) is 0 Å². The fourth-order valence-corrected chi connectivity index (χ4v) is 6.64. The Labute approximate surface area is 247 Å². The quantitative estimate of drug-likeness (QED) is 0.126. The molecule has 1 aromatic carbocycles. The predicted octanol–water partition coefficient (Wildman–Crippen LogP) is 4.89. The van der Waals surface area contributed by atoms with Crippen molar-refractivity contribution in [3.8, 4) is 11.5 Å². The molecule has 0 aromatic heterocycles. The molecule has 0 saturated carbocycles. The molecule has 0 aliphatic rings. The van der Waals surface area contributed by atoms with E-state index in [1.165, 1.54) is 0 Å². The Balaban J connectivity index is 3.21. The van der Waals surface area contributed by atoms with Crippen molar-refractivity contribution in [2.45, 2.75) is 84.8 Å². The summed E-state index contributed by atoms with van der Waals surface area (Å²) < 4.78 is 46.3. The molecule has 0 heterocycles. The van der Waals surface area contributed by atoms with Crippen LogP contribution in [0.1, 0.15) is 53.5 Å². The second kappa shape index (κ2) is 17.2. The molecule has 236 valence electrons. The lowest BCUT2D eigenvalue weighted by Crippen LogP contribution is -2.54. The van der Waals surface area contributed by atoms with E-state index in [0.717, 1.165) is 5.56 Å². The Morgan fingerprint density at radius 1 is 1.00 bits per heavy atom. The molecule has 0 bridgehead atoms. The first kappa shape index (κ1) is 37.1. The Hall–Kier alpha value is -1.95. The maximum absolute atomic E-state index is 13.3. The van der Waals surface area contributed by atoms with Crippen LogP contribution in [0.4, 0.5) is 0 Å². The molecule has 0 aliphatic carbocycles. The number of amides is 1. The highest BCUT2D eigenvalue weighted by molar-refractivity contribution is 7.54. The molecule has 0 radical (unpaired) electrons. The topological polar surface area (TPSA) is 131 Å². The number of methoxy groups -OCH3 is 2. The summed E-state index contributed by atoms with van der Waals surface area (Å²) in [6, 6.07) is 4.64. The van der Waals surface area contributed by atoms with Crippen LogP contribution in [0.15, 0.2) is 18.2 Å². The van der Waals surface area contributed by atoms with Gasteiger partial charge in [-0.3, -0.25) is 19.5 Å². The molecule has 11 nitrogen and oxygen atoms in total. The van der Waals surface area contributed by atoms with Crippen molar-refractivity contribution in [1.82, 2.24) is 10.6 Å². The average molecular weight is 619 g/mol. The van der Waals surface area contributed by atoms with Crippen molar-refractivity contribution in [3.05, 3.63) is 23.8 Å². The van der Waals surface area contributed by atoms with E-state index in [1.807, 2.05) is 12.1 Å². The Morgan fingerprint density at radius 2 is 1.63 bits per heavy atom. The maximum atomic E-state index is 13.3. The number of nitrogens with one attached hydrogen (secondary N) is 2. The summed E-state index contributed by atoms with van der Waals surface area (Å²) in [6.07, 6.45) is -0.702. The summed E-state index contributed by atoms with van der Waals surface area (Å²) in [4.78, 5) is 25.9. The van der Waals surface area contributed by atoms with Gasteiger partial charge >= 0.3 is 13.6 Å². The van der Waals surface area contributed by atoms with E-state index in [4.69, 9.17) is 27.7 Å². The van der Waals surface area contributed by atoms with Gasteiger partial charge in [-0.1, -0.05) is 26.8 Å². The molecule has 0 saturated heterocycles. The van der Waals surface area contributed by atoms with E-state index >= 15 is 0 Å². The summed E-state index contributed by atoms with van der Waals surface area (Å²) in [5.74, 6) is 0.347. The van der Waals surface area contributed by atoms with Gasteiger partial charge in [0.1, 0.15) is 23.7 Å². The zero-order valence-corrected chi connectivity index (χ0v) is 28.4. The van der Waals surface area contributed by atoms with Crippen molar-refractivity contribution in [1.29, 1.82) is 0 Å². The molecular weight excluding hydrogens is 567 g/mol. The van der Waals surface area contributed by atoms with Crippen molar-refractivity contribution in [3.63, 3.8) is 0 Å². The summed E-state index contributed by atoms with van der Waals surface area (Å²) in [6.45, 7) is 16.7. The molecule has 0 aliphatic heterocycles. The van der Waals surface area contributed by atoms with Gasteiger partial charge in [0.2, 0.25) is 5.91 Å². The number of carbonyl (C=O) groups is 2. The first-order valence-electron chi connectivity index (χ1n) is 14.1. The lowest BCUT2D eigenvalue weighted by molar-refractivity contribution is -0.148. The number of hydrogen-bond acceptors (Lipinski definition) is 10. The van der Waals surface area contributed by atoms with Crippen LogP contribution in [0.25, 0.3) is 0 Å². The fraction of sp³-hybridized carbons (Fsp3) is 0.714. The molecule has 13 heteroatoms. The molecule has 1 aromatic rings. The number of rotatable bonds is 19. The molecule has 2 N–H and O–H groups in total. The Kier molecular flexibility index (Phi) is 15.6. The normalized spacial score (nSPS) is 13.8. The maximum Gasteiger partial charge on any atom is 0.340 e. The van der Waals surface area contributed by atoms with Gasteiger partial charge in [-0.25, -0.2) is 0 Å². The van der Waals surface area contributed by atoms with E-state index in [2.05, 4.69) is 44.5 Å². The number of hydrogen-bond donors (Lipinski definition) is 2. The predicted molar refractivity (Wildman–Crippen MR) is 162 cm³/mol. The van der Waals surface area contributed by atoms with Gasteiger partial charge in [0.15, 0.2) is 8.32 Å². The fourth-order valence-electron chi connectivity index (χ4n) is 3.77. The minimum Gasteiger partial charge on any atom is -0.497 e. The highest BCUT2D eigenvalue weighted by atomic mass is 31.2. The van der Waals surface area contributed by atoms with Crippen molar-refractivity contribution in [2.24, 2.45) is 0 Å². The van der Waals surface area contributed by atoms with Gasteiger partial charge < -0.3 is 33.0 Å². The van der Waals surface area contributed by atoms with Crippen LogP contribution in [-0.4, -0.2) is 79.1 Å². The van der Waals surface area contributed by atoms with Crippen molar-refractivity contribution >= 4 is 27.8 Å². The van der Waals surface area contributed by atoms with Crippen molar-refractivity contribution in [2.75, 3.05) is 46.7 Å². The minimum atomic E-state index is -3.54. The monoisotopic (exact) mass is 618 g/mol. The number of esters is 1. The highest BCUT2D eigenvalue weighted by Gasteiger charge is 2.42. The zero-order chi connectivity index (χ0) is 31.3. The second-order valence-electron chi connectivity index (χ2n) is 10.9. The summed E-state index contributed by atoms with van der Waals surface area (Å²) in [7, 11) is -2.75. The Bertz CT molecular complexity index is 1010. The van der Waals surface area contributed by atoms with Gasteiger partial charge in [0.05, 0.1) is 40.1 Å². The second-order valence-corrected chi connectivity index (χ2v) is 17.8. The molecule has 0 unspecified atom stereocenters. The average Bonchev–Trinajstić information content (AvgIpc) is 2.88. The minimum absolute atomic E-state index is 0.130. The van der Waals surface area contributed by atoms with Crippen LogP contribution >= 0.6 is 7.60 Å². The molecular formula is C28H51N2O9PSi. The van der Waals surface area contributed by atoms with Crippen molar-refractivity contribution < 1.29 is 41.8 Å². The smallest absolute Gasteiger partial charge is 0.340 e. The first-order chi connectivity index (χ1) is 19.2. The standard InChI is InChI=1S/C28H51N2O9PSi/c1-11-36-27(32)26(30-19-21-14-15-22(34-7)18-24(21)35-8)23(39-41(9,10)28(4,5)6)16-17-29-25(31)20-40(33,37-12-2)38-13-3/h14-15,18,23,26,30H,11-13,16-17,19-20H2,1-10H3,(H,29,31)/t23-,26-/m0/s1. The molecule has 2 atom stereocenters. The van der Waals surface area contributed by atoms with E-state index in [1.54, 1.807) is 41.1 Å². The van der Waals surface area contributed by atoms with E-state index in [-0.39, 0.29) is 37.6 Å². The van der Waals surface area contributed by atoms with Crippen LogP contribution in [-0.2, 0) is 38.9 Å². The van der Waals surface area contributed by atoms with E-state index in [9.17, 15) is 14.2 Å². The lowest BCUT2D eigenvalue weighted by atomic mass is 10.1. The SMILES string of the molecule is CCOC(=O)[C@@H](NCc1ccc(OC)cc1OC)[C@H](CCNC(=O)CP(=O)(OCC)OCC)O[Si](C)(C)C(C)(C)C. The van der Waals surface area contributed by atoms with Gasteiger partial charge in [-0.15, -0.1) is 0 Å². The highest BCUT2D eigenvalue weighted by Crippen LogP contribution is 2.47. The molecule has 0 spiro atoms. The van der Waals surface area contributed by atoms with Crippen LogP contribution in [0.2, 0.25) is 18.1 Å². The van der Waals surface area contributed by atoms with Crippen LogP contribution in [0, 0.1) is 0 Å². The summed E-state index contributed by atoms with van der Waals surface area (Å²) >= 11 is 0. The number of ether oxygens (including phenoxy) is 3. The molecule has 1 amide bonds. The molecule has 41 heavy (non-hydrogen) atoms. The van der Waals surface area contributed by atoms with E-state index in [0.29, 0.717) is 24.5 Å². The molecule has 0 fully saturated rings. The van der Waals surface area contributed by atoms with Gasteiger partial charge in [0, 0.05) is 24.7 Å². The number of benzene rings is 1. The summed E-state index contributed by atoms with van der Waals surface area (Å²) in [5.41, 5.74) is 0.824. The molecule has 1 rings (SSSR count). The summed E-state index contributed by atoms with van der Waals surface area (Å²) in [5, 5.41) is 5.98. The van der Waals surface area contributed by atoms with E-state index < -0.39 is 39.9 Å². The van der Waals surface area contributed by atoms with Gasteiger partial charge in [-0.05, 0) is 51.4 Å². The number of carbonyl (C=O) groups excluding carboxylic acids is 2. The third kappa shape index (κ3) is 12.1. The van der Waals surface area contributed by atoms with Crippen LogP contribution < -0.4 is 20.1 Å². The van der Waals surface area contributed by atoms with Crippen LogP contribution in [0.5, 0.6) is 11.5 Å². The largest absolute Gasteiger partial charge is 0.497 e. The lowest BCUT2D eigenvalue weighted by Gasteiger charge is -2.41. The zero-order valence-electron chi connectivity index (χ0n) is 26.5. The first-order valence-corrected chi connectivity index (χ1v) is 18.7.